The molecule has 0 bridgehead atoms. The van der Waals surface area contributed by atoms with E-state index in [1.165, 1.54) is 18.7 Å². The average Bonchev–Trinajstić information content (AvgIpc) is 2.97. The van der Waals surface area contributed by atoms with Crippen molar-refractivity contribution in [1.29, 1.82) is 0 Å². The van der Waals surface area contributed by atoms with Gasteiger partial charge in [-0.1, -0.05) is 0 Å². The van der Waals surface area contributed by atoms with Gasteiger partial charge in [-0.05, 0) is 50.5 Å². The molecule has 0 saturated heterocycles. The third-order valence-electron chi connectivity index (χ3n) is 3.99. The lowest BCUT2D eigenvalue weighted by Crippen LogP contribution is -2.38. The van der Waals surface area contributed by atoms with Crippen LogP contribution in [0, 0.1) is 5.92 Å². The summed E-state index contributed by atoms with van der Waals surface area (Å²) in [5, 5.41) is 14.4. The van der Waals surface area contributed by atoms with E-state index in [2.05, 4.69) is 10.6 Å². The summed E-state index contributed by atoms with van der Waals surface area (Å²) >= 11 is 1.43. The number of hydrogen-bond donors (Lipinski definition) is 3. The molecule has 3 N–H and O–H groups in total. The molecule has 1 aliphatic rings. The number of aliphatic carboxylic acids is 1. The zero-order valence-corrected chi connectivity index (χ0v) is 14.6. The summed E-state index contributed by atoms with van der Waals surface area (Å²) in [6.07, 6.45) is 1.84. The second-order valence-corrected chi connectivity index (χ2v) is 7.43. The van der Waals surface area contributed by atoms with Gasteiger partial charge in [-0.2, -0.15) is 0 Å². The first-order valence-electron chi connectivity index (χ1n) is 7.92. The van der Waals surface area contributed by atoms with Crippen LogP contribution in [0.15, 0.2) is 29.2 Å². The molecule has 2 amide bonds. The third-order valence-corrected chi connectivity index (χ3v) is 5.10. The van der Waals surface area contributed by atoms with E-state index in [0.29, 0.717) is 19.3 Å². The van der Waals surface area contributed by atoms with Crippen LogP contribution in [-0.2, 0) is 14.4 Å². The Balaban J connectivity index is 1.83. The van der Waals surface area contributed by atoms with Crippen LogP contribution in [-0.4, -0.2) is 34.2 Å². The number of amides is 2. The van der Waals surface area contributed by atoms with Crippen LogP contribution in [0.2, 0.25) is 0 Å². The van der Waals surface area contributed by atoms with Gasteiger partial charge in [0, 0.05) is 23.5 Å². The van der Waals surface area contributed by atoms with Crippen LogP contribution in [0.1, 0.15) is 33.1 Å². The maximum absolute atomic E-state index is 12.3. The molecular weight excluding hydrogens is 328 g/mol. The Morgan fingerprint density at radius 2 is 1.88 bits per heavy atom. The van der Waals surface area contributed by atoms with Crippen molar-refractivity contribution in [3.63, 3.8) is 0 Å². The van der Waals surface area contributed by atoms with Crippen LogP contribution in [0.25, 0.3) is 0 Å². The van der Waals surface area contributed by atoms with Gasteiger partial charge in [0.25, 0.3) is 0 Å². The Hall–Kier alpha value is -2.02. The van der Waals surface area contributed by atoms with Crippen molar-refractivity contribution in [2.24, 2.45) is 5.92 Å². The van der Waals surface area contributed by atoms with Crippen LogP contribution in [0.3, 0.4) is 0 Å². The fourth-order valence-corrected chi connectivity index (χ4v) is 3.61. The lowest BCUT2D eigenvalue weighted by atomic mass is 10.1. The molecule has 1 aromatic rings. The summed E-state index contributed by atoms with van der Waals surface area (Å²) in [5.74, 6) is -1.34. The topological polar surface area (TPSA) is 95.5 Å². The minimum Gasteiger partial charge on any atom is -0.481 e. The molecule has 0 aromatic heterocycles. The first-order valence-corrected chi connectivity index (χ1v) is 8.80. The highest BCUT2D eigenvalue weighted by Crippen LogP contribution is 2.28. The largest absolute Gasteiger partial charge is 0.481 e. The van der Waals surface area contributed by atoms with Crippen LogP contribution in [0.4, 0.5) is 5.69 Å². The molecular formula is C17H22N2O4S. The Bertz CT molecular complexity index is 618. The lowest BCUT2D eigenvalue weighted by Gasteiger charge is -2.16. The van der Waals surface area contributed by atoms with Gasteiger partial charge in [0.1, 0.15) is 0 Å². The fourth-order valence-electron chi connectivity index (χ4n) is 2.73. The summed E-state index contributed by atoms with van der Waals surface area (Å²) < 4.78 is 0. The van der Waals surface area contributed by atoms with Gasteiger partial charge in [-0.15, -0.1) is 11.8 Å². The molecule has 24 heavy (non-hydrogen) atoms. The molecule has 2 rings (SSSR count). The molecule has 0 aliphatic heterocycles. The van der Waals surface area contributed by atoms with E-state index in [-0.39, 0.29) is 29.0 Å². The zero-order valence-electron chi connectivity index (χ0n) is 13.7. The number of anilines is 1. The highest BCUT2D eigenvalue weighted by atomic mass is 32.2. The van der Waals surface area contributed by atoms with Crippen molar-refractivity contribution in [2.45, 2.75) is 49.3 Å². The van der Waals surface area contributed by atoms with Crippen molar-refractivity contribution < 1.29 is 19.5 Å². The van der Waals surface area contributed by atoms with Crippen LogP contribution >= 0.6 is 11.8 Å². The number of carboxylic acids is 1. The monoisotopic (exact) mass is 350 g/mol. The normalized spacial score (nSPS) is 21.1. The Kier molecular flexibility index (Phi) is 6.25. The van der Waals surface area contributed by atoms with Crippen molar-refractivity contribution in [2.75, 3.05) is 5.32 Å². The van der Waals surface area contributed by atoms with E-state index >= 15 is 0 Å². The molecule has 130 valence electrons. The van der Waals surface area contributed by atoms with Crippen LogP contribution in [0.5, 0.6) is 0 Å². The Morgan fingerprint density at radius 3 is 2.42 bits per heavy atom. The van der Waals surface area contributed by atoms with Crippen molar-refractivity contribution in [3.05, 3.63) is 24.3 Å². The molecule has 1 aromatic carbocycles. The smallest absolute Gasteiger partial charge is 0.306 e. The quantitative estimate of drug-likeness (QED) is 0.685. The Morgan fingerprint density at radius 1 is 1.21 bits per heavy atom. The van der Waals surface area contributed by atoms with Crippen LogP contribution < -0.4 is 10.6 Å². The van der Waals surface area contributed by atoms with Gasteiger partial charge >= 0.3 is 5.97 Å². The number of benzene rings is 1. The van der Waals surface area contributed by atoms with Crippen molar-refractivity contribution >= 4 is 35.2 Å². The first kappa shape index (κ1) is 18.3. The van der Waals surface area contributed by atoms with Gasteiger partial charge in [0.05, 0.1) is 11.2 Å². The molecule has 1 fully saturated rings. The maximum atomic E-state index is 12.3. The van der Waals surface area contributed by atoms with E-state index < -0.39 is 5.97 Å². The summed E-state index contributed by atoms with van der Waals surface area (Å²) in [5.41, 5.74) is 0.717. The van der Waals surface area contributed by atoms with Gasteiger partial charge in [-0.25, -0.2) is 0 Å². The molecule has 0 heterocycles. The van der Waals surface area contributed by atoms with E-state index in [9.17, 15) is 14.4 Å². The van der Waals surface area contributed by atoms with E-state index in [4.69, 9.17) is 5.11 Å². The average molecular weight is 350 g/mol. The highest BCUT2D eigenvalue weighted by Gasteiger charge is 2.31. The summed E-state index contributed by atoms with van der Waals surface area (Å²) in [4.78, 5) is 35.1. The number of hydrogen-bond acceptors (Lipinski definition) is 4. The van der Waals surface area contributed by atoms with Gasteiger partial charge in [0.2, 0.25) is 11.8 Å². The predicted molar refractivity (Wildman–Crippen MR) is 93.0 cm³/mol. The summed E-state index contributed by atoms with van der Waals surface area (Å²) in [7, 11) is 0. The molecule has 1 saturated carbocycles. The lowest BCUT2D eigenvalue weighted by molar-refractivity contribution is -0.141. The minimum absolute atomic E-state index is 0.0520. The van der Waals surface area contributed by atoms with E-state index in [0.717, 1.165) is 10.6 Å². The second kappa shape index (κ2) is 8.19. The molecule has 0 spiro atoms. The van der Waals surface area contributed by atoms with Crippen molar-refractivity contribution in [3.8, 4) is 0 Å². The first-order chi connectivity index (χ1) is 11.3. The number of carboxylic acid groups (broad SMARTS) is 1. The SMILES string of the molecule is CC(=O)Nc1ccc(SC(C)C(=O)N[C@@H]2CC[C@H](C(=O)O)C2)cc1. The number of thioether (sulfide) groups is 1. The van der Waals surface area contributed by atoms with Gasteiger partial charge in [0.15, 0.2) is 0 Å². The second-order valence-electron chi connectivity index (χ2n) is 6.02. The summed E-state index contributed by atoms with van der Waals surface area (Å²) in [6.45, 7) is 3.28. The number of nitrogens with one attached hydrogen (secondary N) is 2. The minimum atomic E-state index is -0.784. The predicted octanol–water partition coefficient (Wildman–Crippen LogP) is 2.50. The Labute approximate surface area is 145 Å². The number of carbonyl (C=O) groups is 3. The van der Waals surface area contributed by atoms with Crippen molar-refractivity contribution in [1.82, 2.24) is 5.32 Å². The molecule has 0 radical (unpaired) electrons. The van der Waals surface area contributed by atoms with E-state index in [1.54, 1.807) is 12.1 Å². The molecule has 7 heteroatoms. The highest BCUT2D eigenvalue weighted by molar-refractivity contribution is 8.00. The fraction of sp³-hybridized carbons (Fsp3) is 0.471. The number of carbonyl (C=O) groups excluding carboxylic acids is 2. The molecule has 6 nitrogen and oxygen atoms in total. The third kappa shape index (κ3) is 5.26. The summed E-state index contributed by atoms with van der Waals surface area (Å²) in [6, 6.07) is 7.25. The van der Waals surface area contributed by atoms with Gasteiger partial charge < -0.3 is 15.7 Å². The molecule has 1 aliphatic carbocycles. The zero-order chi connectivity index (χ0) is 17.7. The molecule has 3 atom stereocenters. The number of rotatable bonds is 6. The van der Waals surface area contributed by atoms with E-state index in [1.807, 2.05) is 19.1 Å². The molecule has 1 unspecified atom stereocenters. The van der Waals surface area contributed by atoms with Gasteiger partial charge in [-0.3, -0.25) is 14.4 Å². The maximum Gasteiger partial charge on any atom is 0.306 e. The standard InChI is InChI=1S/C17H22N2O4S/c1-10(16(21)19-14-4-3-12(9-14)17(22)23)24-15-7-5-13(6-8-15)18-11(2)20/h5-8,10,12,14H,3-4,9H2,1-2H3,(H,18,20)(H,19,21)(H,22,23)/t10?,12-,14+/m0/s1.